The van der Waals surface area contributed by atoms with E-state index < -0.39 is 17.8 Å². The van der Waals surface area contributed by atoms with Crippen LogP contribution < -0.4 is 10.6 Å². The van der Waals surface area contributed by atoms with Crippen LogP contribution in [0, 0.1) is 12.7 Å². The predicted molar refractivity (Wildman–Crippen MR) is 105 cm³/mol. The van der Waals surface area contributed by atoms with Crippen molar-refractivity contribution in [1.82, 2.24) is 19.5 Å². The number of anilines is 4. The standard InChI is InChI=1S/C20H16F4N6/c1-11-7-9-12(10-8-11)25-15-16(26-14-6-4-3-5-13(14)21)27-17-18(28-15)30(2)19(29-17)20(22,23)24/h3-10H,1-2H3,(H,25,28)(H,26,27). The normalized spacial score (nSPS) is 11.7. The van der Waals surface area contributed by atoms with Gasteiger partial charge in [-0.2, -0.15) is 13.2 Å². The molecule has 0 fully saturated rings. The first-order valence-corrected chi connectivity index (χ1v) is 8.89. The number of para-hydroxylation sites is 1. The van der Waals surface area contributed by atoms with Crippen LogP contribution >= 0.6 is 0 Å². The van der Waals surface area contributed by atoms with E-state index in [0.717, 1.165) is 10.1 Å². The number of benzene rings is 2. The van der Waals surface area contributed by atoms with E-state index in [1.807, 2.05) is 19.1 Å². The van der Waals surface area contributed by atoms with E-state index in [4.69, 9.17) is 0 Å². The summed E-state index contributed by atoms with van der Waals surface area (Å²) in [4.78, 5) is 12.1. The number of fused-ring (bicyclic) bond motifs is 1. The average molecular weight is 416 g/mol. The SMILES string of the molecule is Cc1ccc(Nc2nc3c(nc2Nc2ccccc2F)nc(C(F)(F)F)n3C)cc1. The van der Waals surface area contributed by atoms with Crippen LogP contribution in [0.2, 0.25) is 0 Å². The second kappa shape index (κ2) is 7.29. The lowest BCUT2D eigenvalue weighted by atomic mass is 10.2. The van der Waals surface area contributed by atoms with Crippen LogP contribution in [0.3, 0.4) is 0 Å². The number of nitrogens with zero attached hydrogens (tertiary/aromatic N) is 4. The molecular formula is C20H16F4N6. The lowest BCUT2D eigenvalue weighted by Crippen LogP contribution is -2.12. The molecule has 0 spiro atoms. The molecule has 2 aromatic heterocycles. The van der Waals surface area contributed by atoms with Gasteiger partial charge in [0.15, 0.2) is 22.9 Å². The Hall–Kier alpha value is -3.69. The third kappa shape index (κ3) is 3.76. The van der Waals surface area contributed by atoms with Crippen LogP contribution in [0.4, 0.5) is 40.6 Å². The molecule has 0 atom stereocenters. The van der Waals surface area contributed by atoms with Crippen LogP contribution in [0.15, 0.2) is 48.5 Å². The number of rotatable bonds is 4. The van der Waals surface area contributed by atoms with E-state index >= 15 is 0 Å². The Balaban J connectivity index is 1.85. The maximum Gasteiger partial charge on any atom is 0.449 e. The molecule has 2 aromatic carbocycles. The van der Waals surface area contributed by atoms with Crippen molar-refractivity contribution in [3.05, 3.63) is 65.7 Å². The van der Waals surface area contributed by atoms with Crippen molar-refractivity contribution < 1.29 is 17.6 Å². The summed E-state index contributed by atoms with van der Waals surface area (Å²) in [5.74, 6) is -1.49. The molecule has 6 nitrogen and oxygen atoms in total. The topological polar surface area (TPSA) is 67.7 Å². The van der Waals surface area contributed by atoms with Crippen molar-refractivity contribution in [2.24, 2.45) is 7.05 Å². The molecule has 30 heavy (non-hydrogen) atoms. The maximum atomic E-state index is 14.1. The highest BCUT2D eigenvalue weighted by Gasteiger charge is 2.37. The van der Waals surface area contributed by atoms with E-state index in [9.17, 15) is 17.6 Å². The Bertz CT molecular complexity index is 1210. The highest BCUT2D eigenvalue weighted by Crippen LogP contribution is 2.33. The number of hydrogen-bond donors (Lipinski definition) is 2. The fraction of sp³-hybridized carbons (Fsp3) is 0.150. The van der Waals surface area contributed by atoms with Gasteiger partial charge in [0.1, 0.15) is 5.82 Å². The molecule has 2 N–H and O–H groups in total. The Morgan fingerprint density at radius 1 is 0.867 bits per heavy atom. The van der Waals surface area contributed by atoms with Gasteiger partial charge in [-0.05, 0) is 31.2 Å². The van der Waals surface area contributed by atoms with Crippen molar-refractivity contribution in [3.63, 3.8) is 0 Å². The van der Waals surface area contributed by atoms with Gasteiger partial charge >= 0.3 is 6.18 Å². The van der Waals surface area contributed by atoms with Gasteiger partial charge in [-0.3, -0.25) is 0 Å². The molecule has 2 heterocycles. The van der Waals surface area contributed by atoms with Gasteiger partial charge < -0.3 is 15.2 Å². The zero-order valence-electron chi connectivity index (χ0n) is 15.9. The number of alkyl halides is 3. The largest absolute Gasteiger partial charge is 0.449 e. The molecule has 4 rings (SSSR count). The van der Waals surface area contributed by atoms with E-state index in [-0.39, 0.29) is 28.6 Å². The fourth-order valence-electron chi connectivity index (χ4n) is 2.88. The molecule has 0 unspecified atom stereocenters. The number of hydrogen-bond acceptors (Lipinski definition) is 5. The second-order valence-electron chi connectivity index (χ2n) is 6.66. The second-order valence-corrected chi connectivity index (χ2v) is 6.66. The lowest BCUT2D eigenvalue weighted by molar-refractivity contribution is -0.146. The molecule has 154 valence electrons. The third-order valence-electron chi connectivity index (χ3n) is 4.40. The van der Waals surface area contributed by atoms with Gasteiger partial charge in [-0.15, -0.1) is 0 Å². The minimum atomic E-state index is -4.67. The van der Waals surface area contributed by atoms with Gasteiger partial charge in [0, 0.05) is 12.7 Å². The summed E-state index contributed by atoms with van der Waals surface area (Å²) in [5.41, 5.74) is 1.51. The highest BCUT2D eigenvalue weighted by atomic mass is 19.4. The zero-order valence-corrected chi connectivity index (χ0v) is 15.9. The molecule has 0 bridgehead atoms. The lowest BCUT2D eigenvalue weighted by Gasteiger charge is -2.13. The van der Waals surface area contributed by atoms with Crippen LogP contribution in [0.1, 0.15) is 11.4 Å². The Morgan fingerprint density at radius 2 is 1.53 bits per heavy atom. The number of halogens is 4. The van der Waals surface area contributed by atoms with E-state index in [2.05, 4.69) is 25.6 Å². The summed E-state index contributed by atoms with van der Waals surface area (Å²) < 4.78 is 54.7. The molecule has 0 aliphatic heterocycles. The third-order valence-corrected chi connectivity index (χ3v) is 4.40. The molecule has 0 saturated carbocycles. The molecule has 10 heteroatoms. The first kappa shape index (κ1) is 19.6. The minimum absolute atomic E-state index is 0.0417. The van der Waals surface area contributed by atoms with Crippen molar-refractivity contribution in [2.45, 2.75) is 13.1 Å². The van der Waals surface area contributed by atoms with Gasteiger partial charge in [-0.1, -0.05) is 29.8 Å². The van der Waals surface area contributed by atoms with Gasteiger partial charge in [-0.25, -0.2) is 19.3 Å². The Morgan fingerprint density at radius 3 is 2.20 bits per heavy atom. The van der Waals surface area contributed by atoms with Crippen LogP contribution in [-0.4, -0.2) is 19.5 Å². The van der Waals surface area contributed by atoms with Crippen molar-refractivity contribution in [2.75, 3.05) is 10.6 Å². The Kier molecular flexibility index (Phi) is 4.76. The summed E-state index contributed by atoms with van der Waals surface area (Å²) >= 11 is 0. The summed E-state index contributed by atoms with van der Waals surface area (Å²) in [6.07, 6.45) is -4.67. The van der Waals surface area contributed by atoms with Gasteiger partial charge in [0.25, 0.3) is 0 Å². The first-order chi connectivity index (χ1) is 14.2. The van der Waals surface area contributed by atoms with Crippen molar-refractivity contribution in [1.29, 1.82) is 0 Å². The minimum Gasteiger partial charge on any atom is -0.337 e. The number of nitrogens with one attached hydrogen (secondary N) is 2. The predicted octanol–water partition coefficient (Wildman–Crippen LogP) is 5.32. The van der Waals surface area contributed by atoms with Gasteiger partial charge in [0.2, 0.25) is 5.82 Å². The van der Waals surface area contributed by atoms with Gasteiger partial charge in [0.05, 0.1) is 5.69 Å². The monoisotopic (exact) mass is 416 g/mol. The summed E-state index contributed by atoms with van der Waals surface area (Å²) in [6.45, 7) is 1.93. The summed E-state index contributed by atoms with van der Waals surface area (Å²) in [7, 11) is 1.21. The smallest absolute Gasteiger partial charge is 0.337 e. The van der Waals surface area contributed by atoms with Crippen LogP contribution in [-0.2, 0) is 13.2 Å². The van der Waals surface area contributed by atoms with Crippen LogP contribution in [0.25, 0.3) is 11.3 Å². The fourth-order valence-corrected chi connectivity index (χ4v) is 2.88. The summed E-state index contributed by atoms with van der Waals surface area (Å²) in [5, 5.41) is 5.82. The van der Waals surface area contributed by atoms with E-state index in [0.29, 0.717) is 5.69 Å². The van der Waals surface area contributed by atoms with E-state index in [1.54, 1.807) is 18.2 Å². The number of aromatic nitrogens is 4. The van der Waals surface area contributed by atoms with Crippen LogP contribution in [0.5, 0.6) is 0 Å². The van der Waals surface area contributed by atoms with Crippen molar-refractivity contribution in [3.8, 4) is 0 Å². The Labute approximate surface area is 168 Å². The molecule has 0 aliphatic rings. The maximum absolute atomic E-state index is 14.1. The number of imidazole rings is 1. The molecule has 0 amide bonds. The molecule has 0 aliphatic carbocycles. The van der Waals surface area contributed by atoms with Crippen molar-refractivity contribution >= 4 is 34.3 Å². The first-order valence-electron chi connectivity index (χ1n) is 8.89. The molecular weight excluding hydrogens is 400 g/mol. The van der Waals surface area contributed by atoms with E-state index in [1.165, 1.54) is 25.2 Å². The molecule has 0 radical (unpaired) electrons. The summed E-state index contributed by atoms with van der Waals surface area (Å²) in [6, 6.07) is 13.2. The number of aryl methyl sites for hydroxylation is 2. The quantitative estimate of drug-likeness (QED) is 0.441. The molecule has 0 saturated heterocycles. The highest BCUT2D eigenvalue weighted by molar-refractivity contribution is 5.80. The molecule has 4 aromatic rings. The zero-order chi connectivity index (χ0) is 21.5. The average Bonchev–Trinajstić information content (AvgIpc) is 3.02.